The number of nitrogens with zero attached hydrogens (tertiary/aromatic N) is 2. The van der Waals surface area contributed by atoms with Gasteiger partial charge in [0.15, 0.2) is 0 Å². The van der Waals surface area contributed by atoms with Gasteiger partial charge >= 0.3 is 6.18 Å². The van der Waals surface area contributed by atoms with Crippen molar-refractivity contribution >= 4 is 10.2 Å². The Labute approximate surface area is 117 Å². The maximum Gasteiger partial charge on any atom is 0.390 e. The van der Waals surface area contributed by atoms with Crippen molar-refractivity contribution in [2.24, 2.45) is 0 Å². The van der Waals surface area contributed by atoms with Gasteiger partial charge in [-0.2, -0.15) is 30.2 Å². The topological polar surface area (TPSA) is 49.9 Å². The van der Waals surface area contributed by atoms with Crippen molar-refractivity contribution in [1.29, 1.82) is 0 Å². The highest BCUT2D eigenvalue weighted by Crippen LogP contribution is 2.23. The van der Waals surface area contributed by atoms with Gasteiger partial charge in [0.05, 0.1) is 19.1 Å². The zero-order valence-corrected chi connectivity index (χ0v) is 12.7. The van der Waals surface area contributed by atoms with E-state index in [1.807, 2.05) is 0 Å². The lowest BCUT2D eigenvalue weighted by atomic mass is 10.2. The van der Waals surface area contributed by atoms with Crippen molar-refractivity contribution in [3.05, 3.63) is 0 Å². The number of rotatable bonds is 5. The van der Waals surface area contributed by atoms with Crippen LogP contribution in [0.25, 0.3) is 0 Å². The van der Waals surface area contributed by atoms with Gasteiger partial charge < -0.3 is 4.74 Å². The Bertz CT molecular complexity index is 414. The van der Waals surface area contributed by atoms with Crippen LogP contribution < -0.4 is 0 Å². The average molecular weight is 318 g/mol. The average Bonchev–Trinajstić information content (AvgIpc) is 2.31. The maximum absolute atomic E-state index is 12.4. The lowest BCUT2D eigenvalue weighted by Crippen LogP contribution is -2.55. The molecule has 9 heteroatoms. The lowest BCUT2D eigenvalue weighted by Gasteiger charge is -2.38. The molecule has 0 aromatic rings. The van der Waals surface area contributed by atoms with Crippen LogP contribution in [0.5, 0.6) is 0 Å². The first-order valence-corrected chi connectivity index (χ1v) is 7.93. The van der Waals surface area contributed by atoms with Crippen LogP contribution in [0, 0.1) is 0 Å². The summed E-state index contributed by atoms with van der Waals surface area (Å²) in [6.45, 7) is 4.81. The molecule has 1 heterocycles. The first-order chi connectivity index (χ1) is 9.08. The monoisotopic (exact) mass is 318 g/mol. The van der Waals surface area contributed by atoms with Crippen LogP contribution in [0.1, 0.15) is 27.2 Å². The molecule has 1 aliphatic rings. The summed E-state index contributed by atoms with van der Waals surface area (Å²) in [6, 6.07) is -0.379. The third-order valence-corrected chi connectivity index (χ3v) is 5.37. The Hall–Kier alpha value is -0.380. The molecule has 1 saturated heterocycles. The normalized spacial score (nSPS) is 26.1. The third kappa shape index (κ3) is 4.57. The van der Waals surface area contributed by atoms with Gasteiger partial charge in [0, 0.05) is 25.7 Å². The molecule has 0 unspecified atom stereocenters. The van der Waals surface area contributed by atoms with Crippen molar-refractivity contribution in [3.63, 3.8) is 0 Å². The molecular weight excluding hydrogens is 297 g/mol. The summed E-state index contributed by atoms with van der Waals surface area (Å²) in [5.74, 6) is 0. The number of halogens is 3. The molecule has 20 heavy (non-hydrogen) atoms. The molecule has 2 atom stereocenters. The van der Waals surface area contributed by atoms with Crippen LogP contribution >= 0.6 is 0 Å². The molecular formula is C11H21F3N2O3S. The van der Waals surface area contributed by atoms with Crippen LogP contribution in [-0.2, 0) is 14.9 Å². The Kier molecular flexibility index (Phi) is 5.82. The van der Waals surface area contributed by atoms with E-state index in [4.69, 9.17) is 4.74 Å². The Balaban J connectivity index is 2.82. The minimum atomic E-state index is -4.37. The largest absolute Gasteiger partial charge is 0.390 e. The smallest absolute Gasteiger partial charge is 0.375 e. The fourth-order valence-corrected chi connectivity index (χ4v) is 3.89. The summed E-state index contributed by atoms with van der Waals surface area (Å²) in [7, 11) is -3.89. The summed E-state index contributed by atoms with van der Waals surface area (Å²) in [5, 5.41) is 0. The summed E-state index contributed by atoms with van der Waals surface area (Å²) in [4.78, 5) is 0. The summed E-state index contributed by atoms with van der Waals surface area (Å²) >= 11 is 0. The van der Waals surface area contributed by atoms with Gasteiger partial charge in [-0.3, -0.25) is 0 Å². The predicted octanol–water partition coefficient (Wildman–Crippen LogP) is 1.61. The number of hydrogen-bond acceptors (Lipinski definition) is 3. The Morgan fingerprint density at radius 1 is 1.35 bits per heavy atom. The second-order valence-corrected chi connectivity index (χ2v) is 6.81. The van der Waals surface area contributed by atoms with Crippen LogP contribution in [-0.4, -0.2) is 61.6 Å². The number of morpholine rings is 1. The van der Waals surface area contributed by atoms with E-state index in [-0.39, 0.29) is 31.8 Å². The number of alkyl halides is 3. The van der Waals surface area contributed by atoms with E-state index in [1.54, 1.807) is 13.8 Å². The van der Waals surface area contributed by atoms with Gasteiger partial charge in [-0.25, -0.2) is 0 Å². The van der Waals surface area contributed by atoms with Crippen molar-refractivity contribution in [2.45, 2.75) is 45.5 Å². The minimum Gasteiger partial charge on any atom is -0.375 e. The molecule has 0 aliphatic carbocycles. The zero-order chi connectivity index (χ0) is 15.6. The number of hydrogen-bond donors (Lipinski definition) is 0. The highest BCUT2D eigenvalue weighted by Gasteiger charge is 2.38. The van der Waals surface area contributed by atoms with Crippen molar-refractivity contribution in [2.75, 3.05) is 26.2 Å². The second kappa shape index (κ2) is 6.59. The molecule has 0 bridgehead atoms. The lowest BCUT2D eigenvalue weighted by molar-refractivity contribution is -0.135. The van der Waals surface area contributed by atoms with E-state index in [0.29, 0.717) is 0 Å². The summed E-state index contributed by atoms with van der Waals surface area (Å²) in [6.07, 6.45) is -5.77. The van der Waals surface area contributed by atoms with Crippen molar-refractivity contribution < 1.29 is 26.3 Å². The zero-order valence-electron chi connectivity index (χ0n) is 11.9. The molecule has 1 rings (SSSR count). The second-order valence-electron chi connectivity index (χ2n) is 4.93. The van der Waals surface area contributed by atoms with Crippen LogP contribution in [0.15, 0.2) is 0 Å². The molecule has 0 aromatic carbocycles. The summed E-state index contributed by atoms with van der Waals surface area (Å²) in [5.41, 5.74) is 0. The van der Waals surface area contributed by atoms with Gasteiger partial charge in [0.1, 0.15) is 0 Å². The number of ether oxygens (including phenoxy) is 1. The fourth-order valence-electron chi connectivity index (χ4n) is 2.03. The van der Waals surface area contributed by atoms with E-state index in [0.717, 1.165) is 4.31 Å². The molecule has 5 nitrogen and oxygen atoms in total. The van der Waals surface area contributed by atoms with E-state index in [1.165, 1.54) is 11.2 Å². The molecule has 0 radical (unpaired) electrons. The van der Waals surface area contributed by atoms with E-state index in [9.17, 15) is 21.6 Å². The van der Waals surface area contributed by atoms with Crippen LogP contribution in [0.2, 0.25) is 0 Å². The third-order valence-electron chi connectivity index (χ3n) is 3.17. The molecule has 0 N–H and O–H groups in total. The summed E-state index contributed by atoms with van der Waals surface area (Å²) < 4.78 is 69.1. The molecule has 0 saturated carbocycles. The van der Waals surface area contributed by atoms with E-state index >= 15 is 0 Å². The Morgan fingerprint density at radius 2 is 1.95 bits per heavy atom. The van der Waals surface area contributed by atoms with Crippen molar-refractivity contribution in [3.8, 4) is 0 Å². The highest BCUT2D eigenvalue weighted by molar-refractivity contribution is 7.86. The fraction of sp³-hybridized carbons (Fsp3) is 1.00. The van der Waals surface area contributed by atoms with Gasteiger partial charge in [0.25, 0.3) is 10.2 Å². The SMILES string of the molecule is CCN(CCC(F)(F)F)S(=O)(=O)N1C[C@H](C)OC[C@H]1C. The molecule has 0 spiro atoms. The van der Waals surface area contributed by atoms with E-state index < -0.39 is 29.4 Å². The van der Waals surface area contributed by atoms with Crippen LogP contribution in [0.4, 0.5) is 13.2 Å². The predicted molar refractivity (Wildman–Crippen MR) is 68.4 cm³/mol. The van der Waals surface area contributed by atoms with Gasteiger partial charge in [-0.05, 0) is 13.8 Å². The molecule has 1 fully saturated rings. The van der Waals surface area contributed by atoms with Gasteiger partial charge in [-0.1, -0.05) is 6.92 Å². The highest BCUT2D eigenvalue weighted by atomic mass is 32.2. The maximum atomic E-state index is 12.4. The quantitative estimate of drug-likeness (QED) is 0.774. The molecule has 0 aromatic heterocycles. The Morgan fingerprint density at radius 3 is 2.45 bits per heavy atom. The molecule has 1 aliphatic heterocycles. The first-order valence-electron chi connectivity index (χ1n) is 6.53. The molecule has 120 valence electrons. The van der Waals surface area contributed by atoms with Crippen LogP contribution in [0.3, 0.4) is 0 Å². The first kappa shape index (κ1) is 17.7. The van der Waals surface area contributed by atoms with Gasteiger partial charge in [-0.15, -0.1) is 0 Å². The van der Waals surface area contributed by atoms with Crippen molar-refractivity contribution in [1.82, 2.24) is 8.61 Å². The minimum absolute atomic E-state index is 0.0108. The standard InChI is InChI=1S/C11H21F3N2O3S/c1-4-15(6-5-11(12,13)14)20(17,18)16-7-10(3)19-8-9(16)2/h9-10H,4-8H2,1-3H3/t9-,10+/m1/s1. The molecule has 0 amide bonds. The van der Waals surface area contributed by atoms with E-state index in [2.05, 4.69) is 0 Å². The van der Waals surface area contributed by atoms with Gasteiger partial charge in [0.2, 0.25) is 0 Å².